The molecule has 2 rings (SSSR count). The lowest BCUT2D eigenvalue weighted by atomic mass is 10.1. The Labute approximate surface area is 137 Å². The highest BCUT2D eigenvalue weighted by Crippen LogP contribution is 2.27. The van der Waals surface area contributed by atoms with Crippen LogP contribution in [0.2, 0.25) is 5.02 Å². The van der Waals surface area contributed by atoms with E-state index in [2.05, 4.69) is 24.2 Å². The molecule has 0 radical (unpaired) electrons. The van der Waals surface area contributed by atoms with E-state index in [4.69, 9.17) is 16.3 Å². The van der Waals surface area contributed by atoms with Crippen molar-refractivity contribution in [3.8, 4) is 5.75 Å². The summed E-state index contributed by atoms with van der Waals surface area (Å²) in [5.41, 5.74) is 0.488. The van der Waals surface area contributed by atoms with Crippen LogP contribution in [0.5, 0.6) is 5.75 Å². The molecule has 0 heterocycles. The number of carbonyl (C=O) groups excluding carboxylic acids is 1. The van der Waals surface area contributed by atoms with Gasteiger partial charge in [0.1, 0.15) is 5.75 Å². The van der Waals surface area contributed by atoms with E-state index in [1.54, 1.807) is 18.2 Å². The molecule has 1 N–H and O–H groups in total. The van der Waals surface area contributed by atoms with Crippen LogP contribution in [0.1, 0.15) is 44.0 Å². The molecule has 1 aromatic rings. The maximum atomic E-state index is 12.4. The minimum atomic E-state index is -0.144. The lowest BCUT2D eigenvalue weighted by Gasteiger charge is -2.24. The number of hydrogen-bond donors (Lipinski definition) is 1. The second-order valence-corrected chi connectivity index (χ2v) is 6.70. The Morgan fingerprint density at radius 2 is 2.09 bits per heavy atom. The van der Waals surface area contributed by atoms with Gasteiger partial charge < -0.3 is 10.1 Å². The van der Waals surface area contributed by atoms with Crippen LogP contribution < -0.4 is 10.1 Å². The summed E-state index contributed by atoms with van der Waals surface area (Å²) in [4.78, 5) is 14.8. The fourth-order valence-corrected chi connectivity index (χ4v) is 2.53. The number of nitrogens with one attached hydrogen (secondary N) is 1. The van der Waals surface area contributed by atoms with Crippen molar-refractivity contribution >= 4 is 17.5 Å². The molecule has 1 aliphatic rings. The number of nitrogens with zero attached hydrogens (tertiary/aromatic N) is 1. The average Bonchev–Trinajstić information content (AvgIpc) is 3.29. The number of amides is 1. The van der Waals surface area contributed by atoms with Crippen LogP contribution in [-0.4, -0.2) is 42.6 Å². The predicted molar refractivity (Wildman–Crippen MR) is 89.8 cm³/mol. The first-order valence-corrected chi connectivity index (χ1v) is 8.22. The third kappa shape index (κ3) is 4.62. The van der Waals surface area contributed by atoms with Gasteiger partial charge in [-0.25, -0.2) is 0 Å². The van der Waals surface area contributed by atoms with Gasteiger partial charge in [0.15, 0.2) is 0 Å². The highest BCUT2D eigenvalue weighted by Gasteiger charge is 2.29. The van der Waals surface area contributed by atoms with Crippen molar-refractivity contribution < 1.29 is 9.53 Å². The van der Waals surface area contributed by atoms with Crippen LogP contribution in [0.4, 0.5) is 0 Å². The second kappa shape index (κ2) is 7.34. The third-order valence-electron chi connectivity index (χ3n) is 3.93. The summed E-state index contributed by atoms with van der Waals surface area (Å²) >= 11 is 6.02. The van der Waals surface area contributed by atoms with Crippen LogP contribution in [0, 0.1) is 0 Å². The average molecular weight is 325 g/mol. The molecule has 22 heavy (non-hydrogen) atoms. The largest absolute Gasteiger partial charge is 0.490 e. The number of hydrogen-bond acceptors (Lipinski definition) is 3. The molecule has 0 aromatic heterocycles. The number of benzene rings is 1. The van der Waals surface area contributed by atoms with Gasteiger partial charge in [-0.3, -0.25) is 9.69 Å². The molecule has 0 aliphatic heterocycles. The second-order valence-electron chi connectivity index (χ2n) is 6.26. The van der Waals surface area contributed by atoms with E-state index in [-0.39, 0.29) is 12.0 Å². The normalized spacial score (nSPS) is 16.0. The molecule has 1 aromatic carbocycles. The standard InChI is InChI=1S/C17H25ClN2O2/c1-11(2)22-16-8-5-13(18)9-15(16)17(21)19-10-12(3)20(4)14-6-7-14/h5,8-9,11-12,14H,6-7,10H2,1-4H3,(H,19,21). The van der Waals surface area contributed by atoms with Crippen LogP contribution in [0.15, 0.2) is 18.2 Å². The SMILES string of the molecule is CC(C)Oc1ccc(Cl)cc1C(=O)NCC(C)N(C)C1CC1. The van der Waals surface area contributed by atoms with Crippen LogP contribution in [0.25, 0.3) is 0 Å². The molecule has 1 amide bonds. The van der Waals surface area contributed by atoms with E-state index in [9.17, 15) is 4.79 Å². The molecular formula is C17H25ClN2O2. The lowest BCUT2D eigenvalue weighted by Crippen LogP contribution is -2.41. The van der Waals surface area contributed by atoms with Crippen molar-refractivity contribution in [3.63, 3.8) is 0 Å². The highest BCUT2D eigenvalue weighted by molar-refractivity contribution is 6.31. The molecule has 0 spiro atoms. The molecule has 1 saturated carbocycles. The molecule has 5 heteroatoms. The van der Waals surface area contributed by atoms with Crippen molar-refractivity contribution in [2.24, 2.45) is 0 Å². The van der Waals surface area contributed by atoms with Crippen LogP contribution in [-0.2, 0) is 0 Å². The molecular weight excluding hydrogens is 300 g/mol. The van der Waals surface area contributed by atoms with Gasteiger partial charge in [0.2, 0.25) is 0 Å². The van der Waals surface area contributed by atoms with E-state index >= 15 is 0 Å². The van der Waals surface area contributed by atoms with E-state index in [1.807, 2.05) is 13.8 Å². The van der Waals surface area contributed by atoms with Crippen molar-refractivity contribution in [1.82, 2.24) is 10.2 Å². The summed E-state index contributed by atoms with van der Waals surface area (Å²) in [5, 5.41) is 3.52. The Morgan fingerprint density at radius 1 is 1.41 bits per heavy atom. The van der Waals surface area contributed by atoms with Gasteiger partial charge >= 0.3 is 0 Å². The fraction of sp³-hybridized carbons (Fsp3) is 0.588. The topological polar surface area (TPSA) is 41.6 Å². The molecule has 122 valence electrons. The van der Waals surface area contributed by atoms with Crippen molar-refractivity contribution in [1.29, 1.82) is 0 Å². The monoisotopic (exact) mass is 324 g/mol. The zero-order valence-corrected chi connectivity index (χ0v) is 14.5. The maximum absolute atomic E-state index is 12.4. The van der Waals surface area contributed by atoms with E-state index in [1.165, 1.54) is 12.8 Å². The number of carbonyl (C=O) groups is 1. The maximum Gasteiger partial charge on any atom is 0.255 e. The smallest absolute Gasteiger partial charge is 0.255 e. The van der Waals surface area contributed by atoms with E-state index < -0.39 is 0 Å². The number of ether oxygens (including phenoxy) is 1. The first kappa shape index (κ1) is 17.1. The molecule has 1 fully saturated rings. The first-order chi connectivity index (χ1) is 10.4. The Morgan fingerprint density at radius 3 is 2.68 bits per heavy atom. The number of halogens is 1. The zero-order chi connectivity index (χ0) is 16.3. The first-order valence-electron chi connectivity index (χ1n) is 7.84. The Balaban J connectivity index is 2.00. The molecule has 0 bridgehead atoms. The van der Waals surface area contributed by atoms with Gasteiger partial charge in [0.25, 0.3) is 5.91 Å². The third-order valence-corrected chi connectivity index (χ3v) is 4.16. The van der Waals surface area contributed by atoms with Gasteiger partial charge in [-0.1, -0.05) is 11.6 Å². The molecule has 1 unspecified atom stereocenters. The Bertz CT molecular complexity index is 529. The summed E-state index contributed by atoms with van der Waals surface area (Å²) in [6, 6.07) is 6.13. The zero-order valence-electron chi connectivity index (χ0n) is 13.7. The van der Waals surface area contributed by atoms with Crippen LogP contribution >= 0.6 is 11.6 Å². The Kier molecular flexibility index (Phi) is 5.70. The van der Waals surface area contributed by atoms with Crippen LogP contribution in [0.3, 0.4) is 0 Å². The minimum absolute atomic E-state index is 0.00708. The summed E-state index contributed by atoms with van der Waals surface area (Å²) in [6.45, 7) is 6.60. The molecule has 1 aliphatic carbocycles. The number of rotatable bonds is 7. The van der Waals surface area contributed by atoms with Gasteiger partial charge in [0.05, 0.1) is 11.7 Å². The quantitative estimate of drug-likeness (QED) is 0.836. The van der Waals surface area contributed by atoms with E-state index in [0.29, 0.717) is 35.0 Å². The van der Waals surface area contributed by atoms with Crippen molar-refractivity contribution in [2.75, 3.05) is 13.6 Å². The van der Waals surface area contributed by atoms with Gasteiger partial charge in [-0.15, -0.1) is 0 Å². The number of likely N-dealkylation sites (N-methyl/N-ethyl adjacent to an activating group) is 1. The van der Waals surface area contributed by atoms with E-state index in [0.717, 1.165) is 0 Å². The fourth-order valence-electron chi connectivity index (χ4n) is 2.36. The predicted octanol–water partition coefficient (Wildman–Crippen LogP) is 3.34. The van der Waals surface area contributed by atoms with Crippen molar-refractivity contribution in [2.45, 2.75) is 51.8 Å². The molecule has 4 nitrogen and oxygen atoms in total. The van der Waals surface area contributed by atoms with Crippen molar-refractivity contribution in [3.05, 3.63) is 28.8 Å². The minimum Gasteiger partial charge on any atom is -0.490 e. The summed E-state index contributed by atoms with van der Waals surface area (Å²) in [6.07, 6.45) is 2.53. The summed E-state index contributed by atoms with van der Waals surface area (Å²) in [5.74, 6) is 0.425. The molecule has 1 atom stereocenters. The van der Waals surface area contributed by atoms with Gasteiger partial charge in [-0.2, -0.15) is 0 Å². The van der Waals surface area contributed by atoms with Gasteiger partial charge in [-0.05, 0) is 58.9 Å². The summed E-state index contributed by atoms with van der Waals surface area (Å²) < 4.78 is 5.69. The lowest BCUT2D eigenvalue weighted by molar-refractivity contribution is 0.0933. The van der Waals surface area contributed by atoms with Gasteiger partial charge in [0, 0.05) is 23.7 Å². The highest BCUT2D eigenvalue weighted by atomic mass is 35.5. The molecule has 0 saturated heterocycles. The summed E-state index contributed by atoms with van der Waals surface area (Å²) in [7, 11) is 2.11. The Hall–Kier alpha value is -1.26.